The van der Waals surface area contributed by atoms with Crippen LogP contribution in [-0.2, 0) is 11.8 Å². The average Bonchev–Trinajstić information content (AvgIpc) is 2.58. The van der Waals surface area contributed by atoms with Crippen molar-refractivity contribution in [2.75, 3.05) is 0 Å². The maximum atomic E-state index is 9.25. The Labute approximate surface area is 97.3 Å². The third-order valence-corrected chi connectivity index (χ3v) is 3.49. The van der Waals surface area contributed by atoms with Gasteiger partial charge < -0.3 is 0 Å². The van der Waals surface area contributed by atoms with Gasteiger partial charge in [-0.3, -0.25) is 0 Å². The highest BCUT2D eigenvalue weighted by atomic mass is 79.9. The van der Waals surface area contributed by atoms with Gasteiger partial charge in [0, 0.05) is 4.47 Å². The third kappa shape index (κ3) is 1.54. The highest BCUT2D eigenvalue weighted by Crippen LogP contribution is 2.41. The monoisotopic (exact) mass is 260 g/mol. The van der Waals surface area contributed by atoms with Crippen LogP contribution in [0, 0.1) is 22.7 Å². The summed E-state index contributed by atoms with van der Waals surface area (Å²) in [4.78, 5) is 0. The number of halogens is 1. The molecule has 1 unspecified atom stereocenters. The van der Waals surface area contributed by atoms with Gasteiger partial charge in [0.05, 0.1) is 24.0 Å². The Morgan fingerprint density at radius 2 is 2.20 bits per heavy atom. The van der Waals surface area contributed by atoms with E-state index in [4.69, 9.17) is 5.26 Å². The molecule has 0 aromatic heterocycles. The first kappa shape index (κ1) is 10.2. The molecule has 1 atom stereocenters. The molecule has 0 aliphatic heterocycles. The number of hydrogen-bond donors (Lipinski definition) is 0. The molecule has 0 bridgehead atoms. The van der Waals surface area contributed by atoms with Crippen LogP contribution in [0.3, 0.4) is 0 Å². The molecule has 0 N–H and O–H groups in total. The van der Waals surface area contributed by atoms with Crippen molar-refractivity contribution in [1.29, 1.82) is 10.5 Å². The maximum absolute atomic E-state index is 9.25. The molecule has 2 rings (SSSR count). The highest BCUT2D eigenvalue weighted by molar-refractivity contribution is 9.10. The predicted octanol–water partition coefficient (Wildman–Crippen LogP) is 3.07. The number of hydrogen-bond acceptors (Lipinski definition) is 2. The first-order chi connectivity index (χ1) is 7.22. The van der Waals surface area contributed by atoms with E-state index in [0.29, 0.717) is 0 Å². The molecule has 0 spiro atoms. The fraction of sp³-hybridized carbons (Fsp3) is 0.333. The first-order valence-corrected chi connectivity index (χ1v) is 5.58. The molecule has 0 amide bonds. The van der Waals surface area contributed by atoms with E-state index in [2.05, 4.69) is 28.1 Å². The van der Waals surface area contributed by atoms with Gasteiger partial charge >= 0.3 is 0 Å². The van der Waals surface area contributed by atoms with Crippen LogP contribution in [0.25, 0.3) is 0 Å². The lowest BCUT2D eigenvalue weighted by molar-refractivity contribution is 0.558. The fourth-order valence-electron chi connectivity index (χ4n) is 2.19. The second-order valence-electron chi connectivity index (χ2n) is 3.83. The van der Waals surface area contributed by atoms with Crippen LogP contribution in [0.2, 0.25) is 0 Å². The molecule has 0 saturated carbocycles. The van der Waals surface area contributed by atoms with Gasteiger partial charge in [0.15, 0.2) is 0 Å². The average molecular weight is 261 g/mol. The van der Waals surface area contributed by atoms with Crippen molar-refractivity contribution in [1.82, 2.24) is 0 Å². The lowest BCUT2D eigenvalue weighted by atomic mass is 9.81. The SMILES string of the molecule is N#CCC1(C#N)CCc2cc(Br)ccc21. The van der Waals surface area contributed by atoms with E-state index in [-0.39, 0.29) is 6.42 Å². The van der Waals surface area contributed by atoms with Crippen molar-refractivity contribution in [3.8, 4) is 12.1 Å². The third-order valence-electron chi connectivity index (χ3n) is 3.00. The Bertz CT molecular complexity index is 481. The van der Waals surface area contributed by atoms with Crippen molar-refractivity contribution >= 4 is 15.9 Å². The number of nitriles is 2. The minimum absolute atomic E-state index is 0.290. The van der Waals surface area contributed by atoms with E-state index in [9.17, 15) is 5.26 Å². The van der Waals surface area contributed by atoms with E-state index in [1.54, 1.807) is 0 Å². The molecular weight excluding hydrogens is 252 g/mol. The first-order valence-electron chi connectivity index (χ1n) is 4.79. The number of fused-ring (bicyclic) bond motifs is 1. The Morgan fingerprint density at radius 1 is 1.40 bits per heavy atom. The summed E-state index contributed by atoms with van der Waals surface area (Å²) in [5.74, 6) is 0. The Balaban J connectivity index is 2.53. The predicted molar refractivity (Wildman–Crippen MR) is 60.0 cm³/mol. The molecule has 1 aromatic carbocycles. The molecule has 0 heterocycles. The summed E-state index contributed by atoms with van der Waals surface area (Å²) >= 11 is 3.42. The van der Waals surface area contributed by atoms with E-state index >= 15 is 0 Å². The molecule has 0 fully saturated rings. The van der Waals surface area contributed by atoms with Crippen molar-refractivity contribution in [3.05, 3.63) is 33.8 Å². The van der Waals surface area contributed by atoms with Crippen LogP contribution in [0.4, 0.5) is 0 Å². The molecular formula is C12H9BrN2. The molecule has 1 aliphatic carbocycles. The second-order valence-corrected chi connectivity index (χ2v) is 4.75. The van der Waals surface area contributed by atoms with Crippen molar-refractivity contribution in [2.45, 2.75) is 24.7 Å². The number of aryl methyl sites for hydroxylation is 1. The zero-order valence-electron chi connectivity index (χ0n) is 8.13. The number of benzene rings is 1. The quantitative estimate of drug-likeness (QED) is 0.779. The van der Waals surface area contributed by atoms with E-state index in [0.717, 1.165) is 22.9 Å². The Kier molecular flexibility index (Phi) is 2.50. The highest BCUT2D eigenvalue weighted by Gasteiger charge is 2.38. The van der Waals surface area contributed by atoms with Gasteiger partial charge in [-0.2, -0.15) is 10.5 Å². The Hall–Kier alpha value is -1.32. The zero-order valence-corrected chi connectivity index (χ0v) is 9.71. The minimum Gasteiger partial charge on any atom is -0.198 e. The standard InChI is InChI=1S/C12H9BrN2/c13-10-1-2-11-9(7-10)3-4-12(11,8-15)5-6-14/h1-2,7H,3-5H2. The van der Waals surface area contributed by atoms with Crippen LogP contribution in [-0.4, -0.2) is 0 Å². The lowest BCUT2D eigenvalue weighted by Crippen LogP contribution is -2.19. The topological polar surface area (TPSA) is 47.6 Å². The van der Waals surface area contributed by atoms with Crippen LogP contribution < -0.4 is 0 Å². The van der Waals surface area contributed by atoms with Gasteiger partial charge in [-0.15, -0.1) is 0 Å². The van der Waals surface area contributed by atoms with Gasteiger partial charge in [0.2, 0.25) is 0 Å². The van der Waals surface area contributed by atoms with Crippen LogP contribution in [0.1, 0.15) is 24.0 Å². The van der Waals surface area contributed by atoms with E-state index in [1.807, 2.05) is 18.2 Å². The molecule has 15 heavy (non-hydrogen) atoms. The number of rotatable bonds is 1. The largest absolute Gasteiger partial charge is 0.198 e. The summed E-state index contributed by atoms with van der Waals surface area (Å²) in [6.45, 7) is 0. The van der Waals surface area contributed by atoms with Crippen molar-refractivity contribution in [2.24, 2.45) is 0 Å². The smallest absolute Gasteiger partial charge is 0.0957 e. The van der Waals surface area contributed by atoms with E-state index < -0.39 is 5.41 Å². The Morgan fingerprint density at radius 3 is 2.87 bits per heavy atom. The van der Waals surface area contributed by atoms with Crippen LogP contribution in [0.5, 0.6) is 0 Å². The summed E-state index contributed by atoms with van der Waals surface area (Å²) in [5, 5.41) is 18.0. The van der Waals surface area contributed by atoms with Crippen LogP contribution >= 0.6 is 15.9 Å². The minimum atomic E-state index is -0.565. The summed E-state index contributed by atoms with van der Waals surface area (Å²) < 4.78 is 1.03. The lowest BCUT2D eigenvalue weighted by Gasteiger charge is -2.18. The van der Waals surface area contributed by atoms with Gasteiger partial charge in [-0.05, 0) is 36.1 Å². The fourth-order valence-corrected chi connectivity index (χ4v) is 2.60. The number of nitrogens with zero attached hydrogens (tertiary/aromatic N) is 2. The molecule has 0 radical (unpaired) electrons. The molecule has 0 saturated heterocycles. The molecule has 2 nitrogen and oxygen atoms in total. The summed E-state index contributed by atoms with van der Waals surface area (Å²) in [5.41, 5.74) is 1.67. The van der Waals surface area contributed by atoms with Crippen molar-refractivity contribution in [3.63, 3.8) is 0 Å². The molecule has 74 valence electrons. The molecule has 1 aliphatic rings. The van der Waals surface area contributed by atoms with Crippen molar-refractivity contribution < 1.29 is 0 Å². The van der Waals surface area contributed by atoms with Gasteiger partial charge in [0.1, 0.15) is 0 Å². The normalized spacial score (nSPS) is 22.9. The summed E-state index contributed by atoms with van der Waals surface area (Å²) in [7, 11) is 0. The molecule has 1 aromatic rings. The summed E-state index contributed by atoms with van der Waals surface area (Å²) in [6, 6.07) is 10.4. The second kappa shape index (κ2) is 3.68. The van der Waals surface area contributed by atoms with Gasteiger partial charge in [-0.25, -0.2) is 0 Å². The van der Waals surface area contributed by atoms with E-state index in [1.165, 1.54) is 5.56 Å². The summed E-state index contributed by atoms with van der Waals surface area (Å²) in [6.07, 6.45) is 1.95. The maximum Gasteiger partial charge on any atom is 0.0957 e. The van der Waals surface area contributed by atoms with Gasteiger partial charge in [0.25, 0.3) is 0 Å². The van der Waals surface area contributed by atoms with Crippen LogP contribution in [0.15, 0.2) is 22.7 Å². The van der Waals surface area contributed by atoms with Gasteiger partial charge in [-0.1, -0.05) is 22.0 Å². The zero-order chi connectivity index (χ0) is 10.9. The molecule has 3 heteroatoms.